The Morgan fingerprint density at radius 3 is 2.56 bits per heavy atom. The van der Waals surface area contributed by atoms with Gasteiger partial charge in [-0.25, -0.2) is 0 Å². The van der Waals surface area contributed by atoms with Crippen molar-refractivity contribution in [3.05, 3.63) is 34.9 Å². The highest BCUT2D eigenvalue weighted by Crippen LogP contribution is 2.22. The summed E-state index contributed by atoms with van der Waals surface area (Å²) in [7, 11) is 1.68. The van der Waals surface area contributed by atoms with E-state index in [1.54, 1.807) is 7.11 Å². The summed E-state index contributed by atoms with van der Waals surface area (Å²) in [5, 5.41) is 0.759. The molecule has 3 N–H and O–H groups in total. The van der Waals surface area contributed by atoms with Crippen molar-refractivity contribution in [1.29, 1.82) is 0 Å². The monoisotopic (exact) mass is 242 g/mol. The molecule has 0 saturated heterocycles. The summed E-state index contributed by atoms with van der Waals surface area (Å²) >= 11 is 6.11. The molecular formula is C12H19ClN2O. The number of hydrogen-bond donors (Lipinski definition) is 2. The van der Waals surface area contributed by atoms with E-state index in [1.807, 2.05) is 38.1 Å². The number of methoxy groups -OCH3 is 1. The Morgan fingerprint density at radius 2 is 2.06 bits per heavy atom. The molecule has 0 fully saturated rings. The van der Waals surface area contributed by atoms with Gasteiger partial charge in [-0.05, 0) is 31.9 Å². The molecule has 4 heteroatoms. The molecule has 0 amide bonds. The zero-order valence-corrected chi connectivity index (χ0v) is 10.7. The second-order valence-electron chi connectivity index (χ2n) is 4.32. The minimum Gasteiger partial charge on any atom is -0.377 e. The summed E-state index contributed by atoms with van der Waals surface area (Å²) in [5.74, 6) is 5.56. The van der Waals surface area contributed by atoms with Crippen LogP contribution in [0.2, 0.25) is 5.02 Å². The molecule has 1 aromatic rings. The van der Waals surface area contributed by atoms with Gasteiger partial charge in [0.15, 0.2) is 0 Å². The number of benzene rings is 1. The summed E-state index contributed by atoms with van der Waals surface area (Å²) in [4.78, 5) is 0. The third-order valence-electron chi connectivity index (χ3n) is 2.95. The van der Waals surface area contributed by atoms with Crippen LogP contribution in [0.5, 0.6) is 0 Å². The van der Waals surface area contributed by atoms with Crippen LogP contribution in [-0.2, 0) is 11.2 Å². The van der Waals surface area contributed by atoms with Gasteiger partial charge < -0.3 is 4.74 Å². The topological polar surface area (TPSA) is 47.3 Å². The third-order valence-corrected chi connectivity index (χ3v) is 3.32. The average molecular weight is 243 g/mol. The Kier molecular flexibility index (Phi) is 4.74. The maximum absolute atomic E-state index is 6.11. The van der Waals surface area contributed by atoms with Gasteiger partial charge in [-0.3, -0.25) is 11.3 Å². The van der Waals surface area contributed by atoms with Crippen molar-refractivity contribution in [3.63, 3.8) is 0 Å². The number of hydrazine groups is 1. The first kappa shape index (κ1) is 13.5. The predicted octanol–water partition coefficient (Wildman–Crippen LogP) is 2.14. The van der Waals surface area contributed by atoms with Gasteiger partial charge in [0, 0.05) is 12.1 Å². The van der Waals surface area contributed by atoms with E-state index in [0.29, 0.717) is 0 Å². The Balaban J connectivity index is 2.82. The van der Waals surface area contributed by atoms with Gasteiger partial charge in [0.25, 0.3) is 0 Å². The second kappa shape index (κ2) is 5.64. The fourth-order valence-corrected chi connectivity index (χ4v) is 1.74. The average Bonchev–Trinajstić information content (AvgIpc) is 2.27. The maximum Gasteiger partial charge on any atom is 0.0791 e. The minimum atomic E-state index is -0.339. The lowest BCUT2D eigenvalue weighted by Gasteiger charge is -2.32. The standard InChI is InChI=1S/C12H19ClN2O/c1-12(2,16-3)11(15-14)8-9-6-4-5-7-10(9)13/h4-7,11,15H,8,14H2,1-3H3. The summed E-state index contributed by atoms with van der Waals surface area (Å²) in [5.41, 5.74) is 3.51. The molecule has 1 unspecified atom stereocenters. The molecule has 0 spiro atoms. The van der Waals surface area contributed by atoms with E-state index in [9.17, 15) is 0 Å². The number of nitrogens with one attached hydrogen (secondary N) is 1. The van der Waals surface area contributed by atoms with E-state index in [1.165, 1.54) is 0 Å². The number of rotatable bonds is 5. The third kappa shape index (κ3) is 3.19. The molecule has 0 saturated carbocycles. The zero-order chi connectivity index (χ0) is 12.2. The van der Waals surface area contributed by atoms with Gasteiger partial charge in [0.1, 0.15) is 0 Å². The Morgan fingerprint density at radius 1 is 1.44 bits per heavy atom. The van der Waals surface area contributed by atoms with Gasteiger partial charge in [-0.2, -0.15) is 0 Å². The SMILES string of the molecule is COC(C)(C)C(Cc1ccccc1Cl)NN. The first-order chi connectivity index (χ1) is 7.51. The first-order valence-corrected chi connectivity index (χ1v) is 5.63. The molecule has 0 aromatic heterocycles. The van der Waals surface area contributed by atoms with Gasteiger partial charge in [0.05, 0.1) is 11.6 Å². The van der Waals surface area contributed by atoms with E-state index in [0.717, 1.165) is 17.0 Å². The summed E-state index contributed by atoms with van der Waals surface area (Å²) in [6, 6.07) is 7.77. The molecule has 1 aromatic carbocycles. The van der Waals surface area contributed by atoms with E-state index in [-0.39, 0.29) is 11.6 Å². The Bertz CT molecular complexity index is 342. The van der Waals surface area contributed by atoms with Crippen LogP contribution in [0.3, 0.4) is 0 Å². The molecule has 0 heterocycles. The van der Waals surface area contributed by atoms with E-state index in [2.05, 4.69) is 5.43 Å². The normalized spacial score (nSPS) is 13.8. The van der Waals surface area contributed by atoms with Gasteiger partial charge in [-0.1, -0.05) is 29.8 Å². The maximum atomic E-state index is 6.11. The van der Waals surface area contributed by atoms with Gasteiger partial charge >= 0.3 is 0 Å². The number of halogens is 1. The predicted molar refractivity (Wildman–Crippen MR) is 67.4 cm³/mol. The zero-order valence-electron chi connectivity index (χ0n) is 9.96. The van der Waals surface area contributed by atoms with Gasteiger partial charge in [-0.15, -0.1) is 0 Å². The second-order valence-corrected chi connectivity index (χ2v) is 4.73. The number of hydrogen-bond acceptors (Lipinski definition) is 3. The Labute approximate surface area is 102 Å². The summed E-state index contributed by atoms with van der Waals surface area (Å²) in [6.45, 7) is 3.99. The molecular weight excluding hydrogens is 224 g/mol. The molecule has 0 aliphatic carbocycles. The van der Waals surface area contributed by atoms with Crippen LogP contribution in [0.4, 0.5) is 0 Å². The molecule has 1 rings (SSSR count). The van der Waals surface area contributed by atoms with Crippen LogP contribution in [0.1, 0.15) is 19.4 Å². The lowest BCUT2D eigenvalue weighted by atomic mass is 9.93. The molecule has 90 valence electrons. The molecule has 0 aliphatic rings. The van der Waals surface area contributed by atoms with Crippen molar-refractivity contribution in [3.8, 4) is 0 Å². The molecule has 16 heavy (non-hydrogen) atoms. The lowest BCUT2D eigenvalue weighted by molar-refractivity contribution is -0.0101. The highest BCUT2D eigenvalue weighted by molar-refractivity contribution is 6.31. The van der Waals surface area contributed by atoms with Gasteiger partial charge in [0.2, 0.25) is 0 Å². The van der Waals surface area contributed by atoms with Crippen LogP contribution >= 0.6 is 11.6 Å². The van der Waals surface area contributed by atoms with E-state index < -0.39 is 0 Å². The van der Waals surface area contributed by atoms with Crippen molar-refractivity contribution in [2.45, 2.75) is 31.9 Å². The summed E-state index contributed by atoms with van der Waals surface area (Å²) < 4.78 is 5.42. The van der Waals surface area contributed by atoms with Crippen LogP contribution in [0.15, 0.2) is 24.3 Å². The number of ether oxygens (including phenoxy) is 1. The van der Waals surface area contributed by atoms with Crippen molar-refractivity contribution < 1.29 is 4.74 Å². The molecule has 0 bridgehead atoms. The van der Waals surface area contributed by atoms with Crippen LogP contribution in [-0.4, -0.2) is 18.8 Å². The fourth-order valence-electron chi connectivity index (χ4n) is 1.53. The van der Waals surface area contributed by atoms with Crippen molar-refractivity contribution in [2.75, 3.05) is 7.11 Å². The summed E-state index contributed by atoms with van der Waals surface area (Å²) in [6.07, 6.45) is 0.733. The van der Waals surface area contributed by atoms with Crippen LogP contribution in [0, 0.1) is 0 Å². The van der Waals surface area contributed by atoms with Crippen LogP contribution < -0.4 is 11.3 Å². The molecule has 0 aliphatic heterocycles. The highest BCUT2D eigenvalue weighted by atomic mass is 35.5. The highest BCUT2D eigenvalue weighted by Gasteiger charge is 2.28. The smallest absolute Gasteiger partial charge is 0.0791 e. The number of nitrogens with two attached hydrogens (primary N) is 1. The van der Waals surface area contributed by atoms with Crippen LogP contribution in [0.25, 0.3) is 0 Å². The largest absolute Gasteiger partial charge is 0.377 e. The molecule has 1 atom stereocenters. The Hall–Kier alpha value is -0.610. The lowest BCUT2D eigenvalue weighted by Crippen LogP contribution is -2.52. The van der Waals surface area contributed by atoms with Crippen molar-refractivity contribution >= 4 is 11.6 Å². The molecule has 0 radical (unpaired) electrons. The van der Waals surface area contributed by atoms with Crippen molar-refractivity contribution in [1.82, 2.24) is 5.43 Å². The fraction of sp³-hybridized carbons (Fsp3) is 0.500. The first-order valence-electron chi connectivity index (χ1n) is 5.26. The van der Waals surface area contributed by atoms with E-state index in [4.69, 9.17) is 22.2 Å². The quantitative estimate of drug-likeness (QED) is 0.614. The van der Waals surface area contributed by atoms with E-state index >= 15 is 0 Å². The minimum absolute atomic E-state index is 0.0115. The molecule has 3 nitrogen and oxygen atoms in total. The van der Waals surface area contributed by atoms with Crippen molar-refractivity contribution in [2.24, 2.45) is 5.84 Å².